The van der Waals surface area contributed by atoms with E-state index < -0.39 is 0 Å². The highest BCUT2D eigenvalue weighted by Crippen LogP contribution is 2.31. The van der Waals surface area contributed by atoms with Gasteiger partial charge in [0, 0.05) is 44.1 Å². The monoisotopic (exact) mass is 368 g/mol. The summed E-state index contributed by atoms with van der Waals surface area (Å²) in [6.07, 6.45) is 5.21. The molecule has 1 saturated heterocycles. The van der Waals surface area contributed by atoms with Crippen molar-refractivity contribution in [1.82, 2.24) is 19.8 Å². The van der Waals surface area contributed by atoms with Crippen molar-refractivity contribution in [2.24, 2.45) is 0 Å². The molecule has 2 aromatic rings. The molecule has 8 heteroatoms. The van der Waals surface area contributed by atoms with Crippen LogP contribution in [0.25, 0.3) is 0 Å². The molecule has 0 spiro atoms. The fourth-order valence-corrected chi connectivity index (χ4v) is 3.25. The summed E-state index contributed by atoms with van der Waals surface area (Å²) in [7, 11) is 0. The number of fused-ring (bicyclic) bond motifs is 1. The molecule has 0 N–H and O–H groups in total. The maximum absolute atomic E-state index is 12.9. The van der Waals surface area contributed by atoms with Gasteiger partial charge in [-0.1, -0.05) is 0 Å². The van der Waals surface area contributed by atoms with Crippen molar-refractivity contribution < 1.29 is 19.1 Å². The molecule has 0 aliphatic carbocycles. The van der Waals surface area contributed by atoms with Crippen molar-refractivity contribution in [3.8, 4) is 11.5 Å². The molecule has 0 unspecified atom stereocenters. The molecule has 2 aliphatic heterocycles. The van der Waals surface area contributed by atoms with E-state index in [9.17, 15) is 9.59 Å². The summed E-state index contributed by atoms with van der Waals surface area (Å²) in [5.74, 6) is 1.04. The van der Waals surface area contributed by atoms with Crippen LogP contribution in [0.4, 0.5) is 0 Å². The minimum Gasteiger partial charge on any atom is -0.486 e. The zero-order valence-electron chi connectivity index (χ0n) is 14.8. The van der Waals surface area contributed by atoms with E-state index in [1.807, 2.05) is 0 Å². The molecular weight excluding hydrogens is 348 g/mol. The van der Waals surface area contributed by atoms with Gasteiger partial charge in [0.15, 0.2) is 11.5 Å². The van der Waals surface area contributed by atoms with Crippen molar-refractivity contribution in [2.45, 2.75) is 6.42 Å². The Kier molecular flexibility index (Phi) is 4.86. The van der Waals surface area contributed by atoms with E-state index in [0.29, 0.717) is 68.6 Å². The van der Waals surface area contributed by atoms with Gasteiger partial charge in [0.25, 0.3) is 11.8 Å². The zero-order chi connectivity index (χ0) is 18.6. The van der Waals surface area contributed by atoms with E-state index in [1.165, 1.54) is 18.6 Å². The maximum atomic E-state index is 12.9. The predicted molar refractivity (Wildman–Crippen MR) is 95.9 cm³/mol. The van der Waals surface area contributed by atoms with E-state index in [-0.39, 0.29) is 11.8 Å². The number of hydrogen-bond acceptors (Lipinski definition) is 6. The summed E-state index contributed by atoms with van der Waals surface area (Å²) in [5, 5.41) is 0. The second-order valence-electron chi connectivity index (χ2n) is 6.39. The lowest BCUT2D eigenvalue weighted by Crippen LogP contribution is -2.37. The number of rotatable bonds is 2. The average Bonchev–Trinajstić information content (AvgIpc) is 2.99. The summed E-state index contributed by atoms with van der Waals surface area (Å²) < 4.78 is 11.1. The summed E-state index contributed by atoms with van der Waals surface area (Å²) >= 11 is 0. The number of ether oxygens (including phenoxy) is 2. The molecule has 8 nitrogen and oxygen atoms in total. The van der Waals surface area contributed by atoms with Gasteiger partial charge >= 0.3 is 0 Å². The highest BCUT2D eigenvalue weighted by atomic mass is 16.6. The maximum Gasteiger partial charge on any atom is 0.274 e. The molecule has 3 heterocycles. The number of aromatic nitrogens is 2. The third-order valence-electron chi connectivity index (χ3n) is 4.64. The second kappa shape index (κ2) is 7.61. The molecule has 27 heavy (non-hydrogen) atoms. The lowest BCUT2D eigenvalue weighted by Gasteiger charge is -2.23. The molecule has 2 amide bonds. The van der Waals surface area contributed by atoms with Crippen molar-refractivity contribution >= 4 is 11.8 Å². The lowest BCUT2D eigenvalue weighted by atomic mass is 10.1. The van der Waals surface area contributed by atoms with Crippen LogP contribution in [0.2, 0.25) is 0 Å². The summed E-state index contributed by atoms with van der Waals surface area (Å²) in [6, 6.07) is 5.25. The van der Waals surface area contributed by atoms with E-state index in [4.69, 9.17) is 9.47 Å². The lowest BCUT2D eigenvalue weighted by molar-refractivity contribution is 0.0715. The van der Waals surface area contributed by atoms with Gasteiger partial charge in [0.05, 0.1) is 6.20 Å². The average molecular weight is 368 g/mol. The van der Waals surface area contributed by atoms with E-state index in [2.05, 4.69) is 9.97 Å². The van der Waals surface area contributed by atoms with Crippen LogP contribution in [0, 0.1) is 0 Å². The van der Waals surface area contributed by atoms with E-state index >= 15 is 0 Å². The first kappa shape index (κ1) is 17.3. The first-order valence-corrected chi connectivity index (χ1v) is 8.96. The van der Waals surface area contributed by atoms with Crippen LogP contribution < -0.4 is 9.47 Å². The molecule has 0 radical (unpaired) electrons. The van der Waals surface area contributed by atoms with Gasteiger partial charge in [0.1, 0.15) is 18.9 Å². The van der Waals surface area contributed by atoms with Gasteiger partial charge in [0.2, 0.25) is 0 Å². The number of nitrogens with zero attached hydrogens (tertiary/aromatic N) is 4. The Hall–Kier alpha value is -3.16. The van der Waals surface area contributed by atoms with Crippen LogP contribution in [0.1, 0.15) is 27.3 Å². The minimum atomic E-state index is -0.156. The second-order valence-corrected chi connectivity index (χ2v) is 6.39. The third kappa shape index (κ3) is 3.69. The van der Waals surface area contributed by atoms with Crippen molar-refractivity contribution in [3.63, 3.8) is 0 Å². The first-order chi connectivity index (χ1) is 13.2. The molecule has 1 aromatic carbocycles. The van der Waals surface area contributed by atoms with Crippen LogP contribution in [0.3, 0.4) is 0 Å². The molecule has 0 bridgehead atoms. The van der Waals surface area contributed by atoms with Crippen LogP contribution in [0.15, 0.2) is 36.8 Å². The van der Waals surface area contributed by atoms with Crippen molar-refractivity contribution in [2.75, 3.05) is 39.4 Å². The number of carbonyl (C=O) groups is 2. The Bertz CT molecular complexity index is 843. The molecular formula is C19H20N4O4. The van der Waals surface area contributed by atoms with Crippen LogP contribution in [-0.2, 0) is 0 Å². The van der Waals surface area contributed by atoms with Gasteiger partial charge in [-0.3, -0.25) is 14.6 Å². The SMILES string of the molecule is O=C(c1ccc2c(c1)OCCO2)N1CCCN(C(=O)c2cnccn2)CC1. The Morgan fingerprint density at radius 3 is 2.37 bits per heavy atom. The number of hydrogen-bond donors (Lipinski definition) is 0. The predicted octanol–water partition coefficient (Wildman–Crippen LogP) is 1.24. The smallest absolute Gasteiger partial charge is 0.274 e. The number of carbonyl (C=O) groups excluding carboxylic acids is 2. The topological polar surface area (TPSA) is 84.9 Å². The quantitative estimate of drug-likeness (QED) is 0.793. The fourth-order valence-electron chi connectivity index (χ4n) is 3.25. The van der Waals surface area contributed by atoms with Gasteiger partial charge in [-0.15, -0.1) is 0 Å². The zero-order valence-corrected chi connectivity index (χ0v) is 14.8. The molecule has 2 aliphatic rings. The molecule has 1 aromatic heterocycles. The highest BCUT2D eigenvalue weighted by molar-refractivity contribution is 5.95. The van der Waals surface area contributed by atoms with Gasteiger partial charge in [-0.05, 0) is 24.6 Å². The van der Waals surface area contributed by atoms with Gasteiger partial charge < -0.3 is 19.3 Å². The van der Waals surface area contributed by atoms with E-state index in [1.54, 1.807) is 28.0 Å². The molecule has 140 valence electrons. The van der Waals surface area contributed by atoms with Gasteiger partial charge in [-0.2, -0.15) is 0 Å². The van der Waals surface area contributed by atoms with Crippen molar-refractivity contribution in [1.29, 1.82) is 0 Å². The molecule has 0 saturated carbocycles. The van der Waals surface area contributed by atoms with E-state index in [0.717, 1.165) is 0 Å². The normalized spacial score (nSPS) is 16.6. The number of amides is 2. The highest BCUT2D eigenvalue weighted by Gasteiger charge is 2.25. The summed E-state index contributed by atoms with van der Waals surface area (Å²) in [5.41, 5.74) is 0.886. The Balaban J connectivity index is 1.43. The van der Waals surface area contributed by atoms with Crippen molar-refractivity contribution in [3.05, 3.63) is 48.0 Å². The number of benzene rings is 1. The minimum absolute atomic E-state index is 0.0687. The molecule has 1 fully saturated rings. The molecule has 0 atom stereocenters. The summed E-state index contributed by atoms with van der Waals surface area (Å²) in [4.78, 5) is 36.9. The molecule has 4 rings (SSSR count). The fraction of sp³-hybridized carbons (Fsp3) is 0.368. The standard InChI is InChI=1S/C19H20N4O4/c24-18(14-2-3-16-17(12-14)27-11-10-26-16)22-6-1-7-23(9-8-22)19(25)15-13-20-4-5-21-15/h2-5,12-13H,1,6-11H2. The summed E-state index contributed by atoms with van der Waals surface area (Å²) in [6.45, 7) is 3.11. The van der Waals surface area contributed by atoms with Crippen LogP contribution in [0.5, 0.6) is 11.5 Å². The van der Waals surface area contributed by atoms with Gasteiger partial charge in [-0.25, -0.2) is 4.98 Å². The largest absolute Gasteiger partial charge is 0.486 e. The van der Waals surface area contributed by atoms with Crippen LogP contribution >= 0.6 is 0 Å². The Morgan fingerprint density at radius 2 is 1.63 bits per heavy atom. The third-order valence-corrected chi connectivity index (χ3v) is 4.64. The first-order valence-electron chi connectivity index (χ1n) is 8.96. The Labute approximate surface area is 156 Å². The Morgan fingerprint density at radius 1 is 0.889 bits per heavy atom. The van der Waals surface area contributed by atoms with Crippen LogP contribution in [-0.4, -0.2) is 71.0 Å².